The summed E-state index contributed by atoms with van der Waals surface area (Å²) >= 11 is 0. The van der Waals surface area contributed by atoms with Crippen LogP contribution in [-0.4, -0.2) is 15.0 Å². The second kappa shape index (κ2) is 15.5. The van der Waals surface area contributed by atoms with Crippen molar-refractivity contribution in [2.24, 2.45) is 0 Å². The molecule has 1 spiro atoms. The van der Waals surface area contributed by atoms with Crippen LogP contribution in [0.2, 0.25) is 0 Å². The van der Waals surface area contributed by atoms with Crippen LogP contribution in [0.1, 0.15) is 44.5 Å². The van der Waals surface area contributed by atoms with Crippen LogP contribution in [-0.2, 0) is 5.41 Å². The van der Waals surface area contributed by atoms with Gasteiger partial charge in [0.15, 0.2) is 17.5 Å². The van der Waals surface area contributed by atoms with Crippen molar-refractivity contribution in [3.63, 3.8) is 0 Å². The van der Waals surface area contributed by atoms with Crippen LogP contribution >= 0.6 is 0 Å². The molecule has 0 saturated carbocycles. The Morgan fingerprint density at radius 2 is 0.727 bits per heavy atom. The molecule has 0 N–H and O–H groups in total. The molecule has 0 amide bonds. The largest absolute Gasteiger partial charge is 0.310 e. The fourth-order valence-electron chi connectivity index (χ4n) is 10.7. The van der Waals surface area contributed by atoms with Crippen molar-refractivity contribution in [3.05, 3.63) is 251 Å². The number of fused-ring (bicyclic) bond motifs is 10. The van der Waals surface area contributed by atoms with E-state index in [4.69, 9.17) is 15.0 Å². The van der Waals surface area contributed by atoms with E-state index in [2.05, 4.69) is 202 Å². The van der Waals surface area contributed by atoms with Gasteiger partial charge in [-0.3, -0.25) is 0 Å². The van der Waals surface area contributed by atoms with Gasteiger partial charge in [-0.25, -0.2) is 15.0 Å². The molecule has 9 aromatic carbocycles. The average Bonchev–Trinajstić information content (AvgIpc) is 3.82. The van der Waals surface area contributed by atoms with Crippen molar-refractivity contribution in [1.29, 1.82) is 0 Å². The number of benzene rings is 9. The minimum Gasteiger partial charge on any atom is -0.310 e. The maximum absolute atomic E-state index is 5.18. The molecule has 0 aliphatic heterocycles. The zero-order chi connectivity index (χ0) is 44.5. The summed E-state index contributed by atoms with van der Waals surface area (Å²) in [5, 5.41) is 0. The van der Waals surface area contributed by atoms with Crippen molar-refractivity contribution < 1.29 is 0 Å². The lowest BCUT2D eigenvalue weighted by atomic mass is 9.70. The molecule has 0 saturated heterocycles. The zero-order valence-corrected chi connectivity index (χ0v) is 37.4. The number of nitrogens with zero attached hydrogens (tertiary/aromatic N) is 4. The summed E-state index contributed by atoms with van der Waals surface area (Å²) in [7, 11) is 0. The predicted octanol–water partition coefficient (Wildman–Crippen LogP) is 15.6. The molecule has 0 fully saturated rings. The molecule has 12 rings (SSSR count). The highest BCUT2D eigenvalue weighted by molar-refractivity contribution is 5.97. The topological polar surface area (TPSA) is 41.9 Å². The van der Waals surface area contributed by atoms with E-state index in [1.807, 2.05) is 36.4 Å². The fourth-order valence-corrected chi connectivity index (χ4v) is 10.7. The molecule has 0 bridgehead atoms. The van der Waals surface area contributed by atoms with Gasteiger partial charge in [0.2, 0.25) is 0 Å². The summed E-state index contributed by atoms with van der Waals surface area (Å²) in [6, 6.07) is 74.9. The van der Waals surface area contributed by atoms with Crippen molar-refractivity contribution in [3.8, 4) is 67.5 Å². The summed E-state index contributed by atoms with van der Waals surface area (Å²) in [5.74, 6) is 1.94. The third-order valence-electron chi connectivity index (χ3n) is 13.7. The Hall–Kier alpha value is -8.21. The Morgan fingerprint density at radius 1 is 0.318 bits per heavy atom. The molecular weight excluding hydrogens is 801 g/mol. The second-order valence-electron chi connectivity index (χ2n) is 17.9. The quantitative estimate of drug-likeness (QED) is 0.160. The van der Waals surface area contributed by atoms with Crippen LogP contribution < -0.4 is 4.90 Å². The molecule has 2 aliphatic carbocycles. The predicted molar refractivity (Wildman–Crippen MR) is 271 cm³/mol. The lowest BCUT2D eigenvalue weighted by Gasteiger charge is -2.31. The number of rotatable bonds is 7. The van der Waals surface area contributed by atoms with Crippen molar-refractivity contribution >= 4 is 17.1 Å². The summed E-state index contributed by atoms with van der Waals surface area (Å²) in [4.78, 5) is 17.8. The van der Waals surface area contributed by atoms with Crippen LogP contribution in [0.15, 0.2) is 206 Å². The third-order valence-corrected chi connectivity index (χ3v) is 13.7. The Labute approximate surface area is 386 Å². The Balaban J connectivity index is 1.02. The molecule has 0 radical (unpaired) electrons. The van der Waals surface area contributed by atoms with Gasteiger partial charge in [-0.05, 0) is 131 Å². The number of hydrogen-bond acceptors (Lipinski definition) is 4. The molecule has 66 heavy (non-hydrogen) atoms. The van der Waals surface area contributed by atoms with Gasteiger partial charge in [-0.2, -0.15) is 0 Å². The smallest absolute Gasteiger partial charge is 0.164 e. The summed E-state index contributed by atoms with van der Waals surface area (Å²) in [5.41, 5.74) is 23.2. The van der Waals surface area contributed by atoms with E-state index in [9.17, 15) is 0 Å². The number of anilines is 3. The average molecular weight is 847 g/mol. The molecule has 4 nitrogen and oxygen atoms in total. The zero-order valence-electron chi connectivity index (χ0n) is 37.4. The monoisotopic (exact) mass is 846 g/mol. The van der Waals surface area contributed by atoms with Gasteiger partial charge in [0.1, 0.15) is 0 Å². The van der Waals surface area contributed by atoms with E-state index >= 15 is 0 Å². The highest BCUT2D eigenvalue weighted by atomic mass is 15.1. The first-order chi connectivity index (χ1) is 32.3. The van der Waals surface area contributed by atoms with Gasteiger partial charge >= 0.3 is 0 Å². The first kappa shape index (κ1) is 39.4. The molecule has 1 unspecified atom stereocenters. The molecule has 1 aromatic heterocycles. The Bertz CT molecular complexity index is 3400. The number of aryl methyl sites for hydroxylation is 4. The third kappa shape index (κ3) is 6.24. The molecule has 2 aliphatic rings. The first-order valence-corrected chi connectivity index (χ1v) is 22.8. The standard InChI is InChI=1S/C62H46N4/c1-39-23-33-57(41(3)35-39)66(58-34-24-40(2)36-42(58)4)48-29-25-43(26-30-48)46-27-31-51-49-19-11-13-21-53(49)62(55(51)37-46)54-22-14-12-20-50(54)52-32-28-47(38-56(52)62)61-64-59(44-15-7-5-8-16-44)63-60(65-61)45-17-9-6-10-18-45/h5-38H,1-4H3. The van der Waals surface area contributed by atoms with Gasteiger partial charge in [0.05, 0.1) is 5.41 Å². The van der Waals surface area contributed by atoms with E-state index in [0.717, 1.165) is 22.4 Å². The summed E-state index contributed by atoms with van der Waals surface area (Å²) in [6.45, 7) is 8.74. The first-order valence-electron chi connectivity index (χ1n) is 22.8. The minimum absolute atomic E-state index is 0.565. The molecule has 4 heteroatoms. The Kier molecular flexibility index (Phi) is 9.25. The maximum atomic E-state index is 5.18. The molecule has 314 valence electrons. The molecular formula is C62H46N4. The molecule has 1 atom stereocenters. The van der Waals surface area contributed by atoms with Gasteiger partial charge in [0.25, 0.3) is 0 Å². The summed E-state index contributed by atoms with van der Waals surface area (Å²) < 4.78 is 0. The molecule has 10 aromatic rings. The maximum Gasteiger partial charge on any atom is 0.164 e. The van der Waals surface area contributed by atoms with Crippen molar-refractivity contribution in [1.82, 2.24) is 15.0 Å². The highest BCUT2D eigenvalue weighted by Gasteiger charge is 2.51. The second-order valence-corrected chi connectivity index (χ2v) is 17.9. The van der Waals surface area contributed by atoms with Crippen molar-refractivity contribution in [2.75, 3.05) is 4.90 Å². The number of hydrogen-bond donors (Lipinski definition) is 0. The normalized spacial score (nSPS) is 14.1. The SMILES string of the molecule is Cc1ccc(N(c2ccc(-c3ccc4c(c3)C3(c5ccccc5-4)c4ccccc4-c4ccc(-c5nc(-c6ccccc6)nc(-c6ccccc6)n5)cc43)cc2)c2ccc(C)cc2C)c(C)c1. The van der Waals surface area contributed by atoms with E-state index in [-0.39, 0.29) is 0 Å². The van der Waals surface area contributed by atoms with Gasteiger partial charge in [-0.15, -0.1) is 0 Å². The van der Waals surface area contributed by atoms with Gasteiger partial charge in [-0.1, -0.05) is 181 Å². The Morgan fingerprint density at radius 3 is 1.23 bits per heavy atom. The summed E-state index contributed by atoms with van der Waals surface area (Å²) in [6.07, 6.45) is 0. The lowest BCUT2D eigenvalue weighted by molar-refractivity contribution is 0.794. The lowest BCUT2D eigenvalue weighted by Crippen LogP contribution is -2.26. The van der Waals surface area contributed by atoms with Crippen LogP contribution in [0, 0.1) is 27.7 Å². The number of aromatic nitrogens is 3. The van der Waals surface area contributed by atoms with E-state index in [0.29, 0.717) is 17.5 Å². The van der Waals surface area contributed by atoms with E-state index < -0.39 is 5.41 Å². The van der Waals surface area contributed by atoms with E-state index in [1.54, 1.807) is 0 Å². The van der Waals surface area contributed by atoms with Crippen LogP contribution in [0.4, 0.5) is 17.1 Å². The molecule has 1 heterocycles. The van der Waals surface area contributed by atoms with Crippen LogP contribution in [0.5, 0.6) is 0 Å². The van der Waals surface area contributed by atoms with E-state index in [1.165, 1.54) is 89.3 Å². The van der Waals surface area contributed by atoms with Gasteiger partial charge in [0, 0.05) is 33.8 Å². The van der Waals surface area contributed by atoms with Gasteiger partial charge < -0.3 is 4.90 Å². The minimum atomic E-state index is -0.565. The van der Waals surface area contributed by atoms with Crippen LogP contribution in [0.25, 0.3) is 67.5 Å². The van der Waals surface area contributed by atoms with Crippen molar-refractivity contribution in [2.45, 2.75) is 33.1 Å². The highest BCUT2D eigenvalue weighted by Crippen LogP contribution is 2.63. The van der Waals surface area contributed by atoms with Crippen LogP contribution in [0.3, 0.4) is 0 Å². The fraction of sp³-hybridized carbons (Fsp3) is 0.0806.